The van der Waals surface area contributed by atoms with Gasteiger partial charge in [-0.1, -0.05) is 6.07 Å². The second kappa shape index (κ2) is 5.72. The zero-order chi connectivity index (χ0) is 13.0. The first-order valence-corrected chi connectivity index (χ1v) is 5.24. The molecule has 2 atom stereocenters. The van der Waals surface area contributed by atoms with Gasteiger partial charge < -0.3 is 10.1 Å². The molecule has 17 heavy (non-hydrogen) atoms. The lowest BCUT2D eigenvalue weighted by molar-refractivity contribution is -0.130. The summed E-state index contributed by atoms with van der Waals surface area (Å²) in [5, 5.41) is 2.48. The maximum atomic E-state index is 13.4. The molecule has 3 nitrogen and oxygen atoms in total. The summed E-state index contributed by atoms with van der Waals surface area (Å²) >= 11 is 0. The van der Waals surface area contributed by atoms with E-state index in [1.807, 2.05) is 0 Å². The van der Waals surface area contributed by atoms with Crippen molar-refractivity contribution in [3.05, 3.63) is 35.4 Å². The van der Waals surface area contributed by atoms with E-state index in [4.69, 9.17) is 4.74 Å². The first-order valence-electron chi connectivity index (χ1n) is 5.24. The summed E-state index contributed by atoms with van der Waals surface area (Å²) < 4.78 is 31.6. The SMILES string of the molecule is COC(C)C(=O)NC(C)c1c(F)cccc1F. The number of methoxy groups -OCH3 is 1. The largest absolute Gasteiger partial charge is 0.372 e. The smallest absolute Gasteiger partial charge is 0.249 e. The minimum atomic E-state index is -0.749. The molecule has 0 spiro atoms. The van der Waals surface area contributed by atoms with Crippen LogP contribution < -0.4 is 5.32 Å². The molecule has 0 aromatic heterocycles. The Balaban J connectivity index is 2.83. The van der Waals surface area contributed by atoms with E-state index in [9.17, 15) is 13.6 Å². The molecule has 0 radical (unpaired) electrons. The normalized spacial score (nSPS) is 14.2. The van der Waals surface area contributed by atoms with Gasteiger partial charge in [-0.2, -0.15) is 0 Å². The third-order valence-electron chi connectivity index (χ3n) is 2.51. The minimum absolute atomic E-state index is 0.149. The predicted octanol–water partition coefficient (Wildman–Crippen LogP) is 2.18. The van der Waals surface area contributed by atoms with Gasteiger partial charge in [-0.25, -0.2) is 8.78 Å². The van der Waals surface area contributed by atoms with Crippen molar-refractivity contribution in [2.45, 2.75) is 26.0 Å². The lowest BCUT2D eigenvalue weighted by Crippen LogP contribution is -2.36. The van der Waals surface area contributed by atoms with E-state index in [0.29, 0.717) is 0 Å². The van der Waals surface area contributed by atoms with Crippen molar-refractivity contribution in [3.63, 3.8) is 0 Å². The van der Waals surface area contributed by atoms with E-state index < -0.39 is 29.7 Å². The van der Waals surface area contributed by atoms with E-state index >= 15 is 0 Å². The number of rotatable bonds is 4. The number of nitrogens with one attached hydrogen (secondary N) is 1. The van der Waals surface area contributed by atoms with Crippen LogP contribution in [0.5, 0.6) is 0 Å². The fraction of sp³-hybridized carbons (Fsp3) is 0.417. The predicted molar refractivity (Wildman–Crippen MR) is 59.4 cm³/mol. The Kier molecular flexibility index (Phi) is 4.57. The van der Waals surface area contributed by atoms with Crippen LogP contribution in [0, 0.1) is 11.6 Å². The van der Waals surface area contributed by atoms with E-state index in [0.717, 1.165) is 12.1 Å². The number of hydrogen-bond acceptors (Lipinski definition) is 2. The Labute approximate surface area is 98.8 Å². The summed E-state index contributed by atoms with van der Waals surface area (Å²) in [6, 6.07) is 2.84. The summed E-state index contributed by atoms with van der Waals surface area (Å²) in [4.78, 5) is 11.5. The highest BCUT2D eigenvalue weighted by Gasteiger charge is 2.20. The van der Waals surface area contributed by atoms with E-state index in [1.165, 1.54) is 20.1 Å². The quantitative estimate of drug-likeness (QED) is 0.880. The molecule has 5 heteroatoms. The van der Waals surface area contributed by atoms with Gasteiger partial charge in [-0.05, 0) is 26.0 Å². The van der Waals surface area contributed by atoms with E-state index in [1.54, 1.807) is 6.92 Å². The molecule has 1 amide bonds. The third-order valence-corrected chi connectivity index (χ3v) is 2.51. The van der Waals surface area contributed by atoms with Gasteiger partial charge in [0.15, 0.2) is 0 Å². The second-order valence-electron chi connectivity index (χ2n) is 3.74. The molecule has 0 bridgehead atoms. The maximum Gasteiger partial charge on any atom is 0.249 e. The van der Waals surface area contributed by atoms with Crippen LogP contribution in [0.4, 0.5) is 8.78 Å². The topological polar surface area (TPSA) is 38.3 Å². The van der Waals surface area contributed by atoms with Crippen molar-refractivity contribution in [3.8, 4) is 0 Å². The molecule has 0 saturated heterocycles. The van der Waals surface area contributed by atoms with Crippen LogP contribution in [0.25, 0.3) is 0 Å². The molecular weight excluding hydrogens is 228 g/mol. The molecule has 0 aliphatic rings. The highest BCUT2D eigenvalue weighted by Crippen LogP contribution is 2.20. The van der Waals surface area contributed by atoms with Crippen molar-refractivity contribution in [1.29, 1.82) is 0 Å². The molecule has 94 valence electrons. The number of ether oxygens (including phenoxy) is 1. The van der Waals surface area contributed by atoms with Crippen LogP contribution in [-0.4, -0.2) is 19.1 Å². The summed E-state index contributed by atoms with van der Waals surface area (Å²) in [5.74, 6) is -1.77. The lowest BCUT2D eigenvalue weighted by Gasteiger charge is -2.18. The van der Waals surface area contributed by atoms with Gasteiger partial charge in [0, 0.05) is 12.7 Å². The number of amides is 1. The fourth-order valence-corrected chi connectivity index (χ4v) is 1.43. The van der Waals surface area contributed by atoms with Crippen LogP contribution in [0.2, 0.25) is 0 Å². The average Bonchev–Trinajstić information content (AvgIpc) is 2.27. The molecule has 0 fully saturated rings. The number of carbonyl (C=O) groups is 1. The van der Waals surface area contributed by atoms with Gasteiger partial charge in [0.05, 0.1) is 6.04 Å². The summed E-state index contributed by atoms with van der Waals surface area (Å²) in [5.41, 5.74) is -0.149. The van der Waals surface area contributed by atoms with E-state index in [-0.39, 0.29) is 5.56 Å². The molecule has 1 rings (SSSR count). The van der Waals surface area contributed by atoms with Crippen LogP contribution in [-0.2, 0) is 9.53 Å². The Morgan fingerprint density at radius 3 is 2.29 bits per heavy atom. The van der Waals surface area contributed by atoms with Gasteiger partial charge in [-0.3, -0.25) is 4.79 Å². The third kappa shape index (κ3) is 3.23. The van der Waals surface area contributed by atoms with Gasteiger partial charge in [0.2, 0.25) is 5.91 Å². The van der Waals surface area contributed by atoms with Crippen molar-refractivity contribution in [2.75, 3.05) is 7.11 Å². The lowest BCUT2D eigenvalue weighted by atomic mass is 10.1. The Morgan fingerprint density at radius 2 is 1.82 bits per heavy atom. The first-order chi connectivity index (χ1) is 7.97. The van der Waals surface area contributed by atoms with Crippen LogP contribution in [0.3, 0.4) is 0 Å². The summed E-state index contributed by atoms with van der Waals surface area (Å²) in [6.07, 6.45) is -0.660. The van der Waals surface area contributed by atoms with Gasteiger partial charge in [0.25, 0.3) is 0 Å². The fourth-order valence-electron chi connectivity index (χ4n) is 1.43. The molecule has 1 N–H and O–H groups in total. The van der Waals surface area contributed by atoms with Gasteiger partial charge >= 0.3 is 0 Å². The minimum Gasteiger partial charge on any atom is -0.372 e. The second-order valence-corrected chi connectivity index (χ2v) is 3.74. The molecule has 2 unspecified atom stereocenters. The molecule has 0 aliphatic carbocycles. The van der Waals surface area contributed by atoms with Crippen LogP contribution in [0.15, 0.2) is 18.2 Å². The number of carbonyl (C=O) groups excluding carboxylic acids is 1. The van der Waals surface area contributed by atoms with Crippen molar-refractivity contribution >= 4 is 5.91 Å². The molecule has 1 aromatic carbocycles. The Bertz CT molecular complexity index is 389. The first kappa shape index (κ1) is 13.6. The zero-order valence-electron chi connectivity index (χ0n) is 9.96. The Morgan fingerprint density at radius 1 is 1.29 bits per heavy atom. The number of halogens is 2. The van der Waals surface area contributed by atoms with Gasteiger partial charge in [-0.15, -0.1) is 0 Å². The van der Waals surface area contributed by atoms with Crippen molar-refractivity contribution in [1.82, 2.24) is 5.32 Å². The maximum absolute atomic E-state index is 13.4. The molecule has 1 aromatic rings. The number of benzene rings is 1. The van der Waals surface area contributed by atoms with Crippen LogP contribution in [0.1, 0.15) is 25.5 Å². The van der Waals surface area contributed by atoms with Crippen molar-refractivity contribution < 1.29 is 18.3 Å². The monoisotopic (exact) mass is 243 g/mol. The number of hydrogen-bond donors (Lipinski definition) is 1. The zero-order valence-corrected chi connectivity index (χ0v) is 9.96. The molecule has 0 aliphatic heterocycles. The molecular formula is C12H15F2NO2. The standard InChI is InChI=1S/C12H15F2NO2/c1-7(15-12(16)8(2)17-3)11-9(13)5-4-6-10(11)14/h4-8H,1-3H3,(H,15,16). The summed E-state index contributed by atoms with van der Waals surface area (Å²) in [6.45, 7) is 3.07. The highest BCUT2D eigenvalue weighted by atomic mass is 19.1. The molecule has 0 saturated carbocycles. The van der Waals surface area contributed by atoms with E-state index in [2.05, 4.69) is 5.32 Å². The van der Waals surface area contributed by atoms with Crippen LogP contribution >= 0.6 is 0 Å². The van der Waals surface area contributed by atoms with Crippen molar-refractivity contribution in [2.24, 2.45) is 0 Å². The highest BCUT2D eigenvalue weighted by molar-refractivity contribution is 5.80. The average molecular weight is 243 g/mol. The molecule has 0 heterocycles. The summed E-state index contributed by atoms with van der Waals surface area (Å²) in [7, 11) is 1.39. The van der Waals surface area contributed by atoms with Gasteiger partial charge in [0.1, 0.15) is 17.7 Å². The Hall–Kier alpha value is -1.49.